The van der Waals surface area contributed by atoms with Crippen molar-refractivity contribution in [3.05, 3.63) is 31.4 Å². The lowest BCUT2D eigenvalue weighted by atomic mass is 10.2. The Labute approximate surface area is 136 Å². The number of nitrogens with zero attached hydrogens (tertiary/aromatic N) is 2. The van der Waals surface area contributed by atoms with Gasteiger partial charge in [0.15, 0.2) is 5.13 Å². The Morgan fingerprint density at radius 1 is 1.50 bits per heavy atom. The molecule has 1 fully saturated rings. The van der Waals surface area contributed by atoms with E-state index >= 15 is 0 Å². The summed E-state index contributed by atoms with van der Waals surface area (Å²) < 4.78 is 1.19. The summed E-state index contributed by atoms with van der Waals surface area (Å²) in [7, 11) is 4.13. The quantitative estimate of drug-likeness (QED) is 0.824. The number of nitrogens with one attached hydrogen (secondary N) is 1. The molecule has 1 aliphatic rings. The molecule has 1 saturated carbocycles. The number of aromatic nitrogens is 1. The predicted molar refractivity (Wildman–Crippen MR) is 91.0 cm³/mol. The zero-order chi connectivity index (χ0) is 14.1. The van der Waals surface area contributed by atoms with Crippen LogP contribution in [0.4, 0.5) is 5.13 Å². The van der Waals surface area contributed by atoms with Crippen LogP contribution in [-0.2, 0) is 13.1 Å². The van der Waals surface area contributed by atoms with Gasteiger partial charge >= 0.3 is 0 Å². The van der Waals surface area contributed by atoms with Gasteiger partial charge in [-0.15, -0.1) is 22.7 Å². The third-order valence-corrected chi connectivity index (χ3v) is 6.12. The second-order valence-corrected chi connectivity index (χ2v) is 8.58. The van der Waals surface area contributed by atoms with E-state index in [9.17, 15) is 0 Å². The lowest BCUT2D eigenvalue weighted by Gasteiger charge is -2.14. The molecule has 2 aromatic rings. The highest BCUT2D eigenvalue weighted by Crippen LogP contribution is 2.44. The summed E-state index contributed by atoms with van der Waals surface area (Å²) >= 11 is 7.09. The normalized spacial score (nSPS) is 14.8. The van der Waals surface area contributed by atoms with E-state index in [0.29, 0.717) is 5.92 Å². The van der Waals surface area contributed by atoms with Crippen LogP contribution in [0.3, 0.4) is 0 Å². The molecule has 3 nitrogen and oxygen atoms in total. The van der Waals surface area contributed by atoms with Crippen LogP contribution in [0.2, 0.25) is 0 Å². The number of halogens is 1. The first kappa shape index (κ1) is 14.5. The van der Waals surface area contributed by atoms with E-state index in [1.807, 2.05) is 18.4 Å². The average molecular weight is 372 g/mol. The predicted octanol–water partition coefficient (Wildman–Crippen LogP) is 4.20. The molecule has 0 aliphatic heterocycles. The Bertz CT molecular complexity index is 589. The molecule has 1 aliphatic carbocycles. The summed E-state index contributed by atoms with van der Waals surface area (Å²) in [6.07, 6.45) is 2.61. The number of thiazole rings is 1. The minimum atomic E-state index is 0.715. The van der Waals surface area contributed by atoms with Crippen molar-refractivity contribution in [1.29, 1.82) is 0 Å². The molecule has 6 heteroatoms. The topological polar surface area (TPSA) is 28.2 Å². The van der Waals surface area contributed by atoms with Gasteiger partial charge in [0.2, 0.25) is 0 Å². The fourth-order valence-electron chi connectivity index (χ4n) is 2.25. The Hall–Kier alpha value is -0.430. The van der Waals surface area contributed by atoms with Crippen LogP contribution in [0.1, 0.15) is 34.9 Å². The molecule has 0 saturated heterocycles. The largest absolute Gasteiger partial charge is 0.347 e. The average Bonchev–Trinajstić information content (AvgIpc) is 3.05. The number of rotatable bonds is 6. The second kappa shape index (κ2) is 6.13. The van der Waals surface area contributed by atoms with Gasteiger partial charge in [0.25, 0.3) is 0 Å². The second-order valence-electron chi connectivity index (χ2n) is 5.22. The molecule has 3 rings (SSSR count). The SMILES string of the molecule is CNCc1sc(N(C)Cc2csc(Br)c2)nc1C1CC1. The molecule has 0 atom stereocenters. The Kier molecular flexibility index (Phi) is 4.45. The molecule has 2 aromatic heterocycles. The number of anilines is 1. The molecule has 1 N–H and O–H groups in total. The smallest absolute Gasteiger partial charge is 0.185 e. The van der Waals surface area contributed by atoms with Gasteiger partial charge in [0.05, 0.1) is 9.48 Å². The van der Waals surface area contributed by atoms with Gasteiger partial charge in [0.1, 0.15) is 0 Å². The van der Waals surface area contributed by atoms with Crippen LogP contribution < -0.4 is 10.2 Å². The molecule has 20 heavy (non-hydrogen) atoms. The first-order chi connectivity index (χ1) is 9.67. The molecular formula is C14H18BrN3S2. The summed E-state index contributed by atoms with van der Waals surface area (Å²) in [4.78, 5) is 8.55. The van der Waals surface area contributed by atoms with E-state index in [-0.39, 0.29) is 0 Å². The van der Waals surface area contributed by atoms with Crippen molar-refractivity contribution >= 4 is 43.7 Å². The third-order valence-electron chi connectivity index (χ3n) is 3.39. The number of hydrogen-bond donors (Lipinski definition) is 1. The van der Waals surface area contributed by atoms with Gasteiger partial charge in [0, 0.05) is 30.9 Å². The summed E-state index contributed by atoms with van der Waals surface area (Å²) in [5, 5.41) is 6.60. The van der Waals surface area contributed by atoms with Crippen molar-refractivity contribution in [2.24, 2.45) is 0 Å². The zero-order valence-electron chi connectivity index (χ0n) is 11.6. The summed E-state index contributed by atoms with van der Waals surface area (Å²) in [5.41, 5.74) is 2.67. The van der Waals surface area contributed by atoms with Crippen molar-refractivity contribution < 1.29 is 0 Å². The number of thiophene rings is 1. The van der Waals surface area contributed by atoms with Crippen molar-refractivity contribution in [1.82, 2.24) is 10.3 Å². The van der Waals surface area contributed by atoms with E-state index in [1.165, 1.54) is 32.8 Å². The molecular weight excluding hydrogens is 354 g/mol. The maximum Gasteiger partial charge on any atom is 0.185 e. The molecule has 0 bridgehead atoms. The molecule has 0 spiro atoms. The van der Waals surface area contributed by atoms with Gasteiger partial charge < -0.3 is 10.2 Å². The van der Waals surface area contributed by atoms with Gasteiger partial charge in [-0.1, -0.05) is 0 Å². The molecule has 2 heterocycles. The van der Waals surface area contributed by atoms with Crippen molar-refractivity contribution in [2.45, 2.75) is 31.8 Å². The monoisotopic (exact) mass is 371 g/mol. The molecule has 108 valence electrons. The van der Waals surface area contributed by atoms with Gasteiger partial charge in [-0.2, -0.15) is 0 Å². The first-order valence-electron chi connectivity index (χ1n) is 6.75. The Morgan fingerprint density at radius 2 is 2.30 bits per heavy atom. The molecule has 0 amide bonds. The van der Waals surface area contributed by atoms with Crippen LogP contribution in [0.15, 0.2) is 15.2 Å². The van der Waals surface area contributed by atoms with Gasteiger partial charge in [-0.3, -0.25) is 0 Å². The molecule has 0 unspecified atom stereocenters. The lowest BCUT2D eigenvalue weighted by Crippen LogP contribution is -2.15. The van der Waals surface area contributed by atoms with Crippen molar-refractivity contribution in [3.63, 3.8) is 0 Å². The lowest BCUT2D eigenvalue weighted by molar-refractivity contribution is 0.811. The Morgan fingerprint density at radius 3 is 2.90 bits per heavy atom. The molecule has 0 aromatic carbocycles. The zero-order valence-corrected chi connectivity index (χ0v) is 14.9. The van der Waals surface area contributed by atoms with Crippen LogP contribution >= 0.6 is 38.6 Å². The summed E-state index contributed by atoms with van der Waals surface area (Å²) in [5.74, 6) is 0.715. The summed E-state index contributed by atoms with van der Waals surface area (Å²) in [6.45, 7) is 1.85. The highest BCUT2D eigenvalue weighted by molar-refractivity contribution is 9.11. The van der Waals surface area contributed by atoms with E-state index in [0.717, 1.165) is 18.2 Å². The Balaban J connectivity index is 1.76. The van der Waals surface area contributed by atoms with E-state index in [1.54, 1.807) is 11.3 Å². The minimum Gasteiger partial charge on any atom is -0.347 e. The van der Waals surface area contributed by atoms with E-state index < -0.39 is 0 Å². The molecule has 0 radical (unpaired) electrons. The third kappa shape index (κ3) is 3.24. The maximum atomic E-state index is 4.89. The van der Waals surface area contributed by atoms with Crippen molar-refractivity contribution in [2.75, 3.05) is 19.0 Å². The van der Waals surface area contributed by atoms with E-state index in [4.69, 9.17) is 4.98 Å². The highest BCUT2D eigenvalue weighted by atomic mass is 79.9. The first-order valence-corrected chi connectivity index (χ1v) is 9.24. The minimum absolute atomic E-state index is 0.715. The standard InChI is InChI=1S/C14H18BrN3S2/c1-16-6-11-13(10-3-4-10)17-14(20-11)18(2)7-9-5-12(15)19-8-9/h5,8,10,16H,3-4,6-7H2,1-2H3. The van der Waals surface area contributed by atoms with Gasteiger partial charge in [-0.25, -0.2) is 4.98 Å². The van der Waals surface area contributed by atoms with Crippen LogP contribution in [0, 0.1) is 0 Å². The van der Waals surface area contributed by atoms with E-state index in [2.05, 4.69) is 44.6 Å². The van der Waals surface area contributed by atoms with Crippen LogP contribution in [-0.4, -0.2) is 19.1 Å². The maximum absolute atomic E-state index is 4.89. The van der Waals surface area contributed by atoms with Crippen molar-refractivity contribution in [3.8, 4) is 0 Å². The summed E-state index contributed by atoms with van der Waals surface area (Å²) in [6, 6.07) is 2.19. The fourth-order valence-corrected chi connectivity index (χ4v) is 4.57. The highest BCUT2D eigenvalue weighted by Gasteiger charge is 2.29. The number of hydrogen-bond acceptors (Lipinski definition) is 5. The fraction of sp³-hybridized carbons (Fsp3) is 0.500. The van der Waals surface area contributed by atoms with Crippen LogP contribution in [0.25, 0.3) is 0 Å². The van der Waals surface area contributed by atoms with Gasteiger partial charge in [-0.05, 0) is 52.8 Å². The van der Waals surface area contributed by atoms with Crippen LogP contribution in [0.5, 0.6) is 0 Å².